The molecule has 19 heavy (non-hydrogen) atoms. The predicted octanol–water partition coefficient (Wildman–Crippen LogP) is 2.62. The zero-order valence-corrected chi connectivity index (χ0v) is 11.2. The lowest BCUT2D eigenvalue weighted by molar-refractivity contribution is -0.143. The third-order valence-electron chi connectivity index (χ3n) is 4.76. The van der Waals surface area contributed by atoms with E-state index in [1.807, 2.05) is 18.2 Å². The molecule has 0 aromatic heterocycles. The second kappa shape index (κ2) is 5.33. The van der Waals surface area contributed by atoms with E-state index >= 15 is 0 Å². The molecular formula is C16H21NO2. The molecule has 1 aliphatic carbocycles. The Labute approximate surface area is 114 Å². The molecule has 0 radical (unpaired) electrons. The van der Waals surface area contributed by atoms with Crippen LogP contribution in [0.3, 0.4) is 0 Å². The maximum absolute atomic E-state index is 11.4. The summed E-state index contributed by atoms with van der Waals surface area (Å²) in [6.07, 6.45) is 3.74. The van der Waals surface area contributed by atoms with Crippen molar-refractivity contribution in [3.05, 3.63) is 35.9 Å². The summed E-state index contributed by atoms with van der Waals surface area (Å²) in [4.78, 5) is 13.7. The van der Waals surface area contributed by atoms with Crippen LogP contribution in [0.25, 0.3) is 0 Å². The lowest BCUT2D eigenvalue weighted by Gasteiger charge is -2.33. The van der Waals surface area contributed by atoms with Crippen LogP contribution in [0.15, 0.2) is 30.3 Å². The number of hydrogen-bond donors (Lipinski definition) is 1. The van der Waals surface area contributed by atoms with Crippen LogP contribution in [0.5, 0.6) is 0 Å². The summed E-state index contributed by atoms with van der Waals surface area (Å²) in [7, 11) is 0. The van der Waals surface area contributed by atoms with Crippen molar-refractivity contribution in [3.8, 4) is 0 Å². The fraction of sp³-hybridized carbons (Fsp3) is 0.562. The van der Waals surface area contributed by atoms with Gasteiger partial charge in [0.25, 0.3) is 0 Å². The summed E-state index contributed by atoms with van der Waals surface area (Å²) >= 11 is 0. The first-order valence-corrected chi connectivity index (χ1v) is 7.23. The number of benzene rings is 1. The van der Waals surface area contributed by atoms with Crippen molar-refractivity contribution in [2.75, 3.05) is 13.1 Å². The van der Waals surface area contributed by atoms with Gasteiger partial charge in [0.05, 0.1) is 5.92 Å². The van der Waals surface area contributed by atoms with Crippen LogP contribution in [-0.4, -0.2) is 29.1 Å². The zero-order chi connectivity index (χ0) is 13.2. The van der Waals surface area contributed by atoms with E-state index in [9.17, 15) is 9.90 Å². The van der Waals surface area contributed by atoms with Gasteiger partial charge >= 0.3 is 5.97 Å². The average Bonchev–Trinajstić information content (AvgIpc) is 2.72. The van der Waals surface area contributed by atoms with E-state index in [4.69, 9.17) is 0 Å². The van der Waals surface area contributed by atoms with E-state index in [2.05, 4.69) is 17.0 Å². The van der Waals surface area contributed by atoms with Crippen LogP contribution in [-0.2, 0) is 11.3 Å². The van der Waals surface area contributed by atoms with Gasteiger partial charge in [0, 0.05) is 19.6 Å². The smallest absolute Gasteiger partial charge is 0.308 e. The number of likely N-dealkylation sites (tertiary alicyclic amines) is 1. The highest BCUT2D eigenvalue weighted by Gasteiger charge is 2.43. The second-order valence-electron chi connectivity index (χ2n) is 5.98. The van der Waals surface area contributed by atoms with Gasteiger partial charge in [0.15, 0.2) is 0 Å². The van der Waals surface area contributed by atoms with E-state index in [-0.39, 0.29) is 5.92 Å². The molecule has 0 spiro atoms. The number of carboxylic acid groups (broad SMARTS) is 1. The number of rotatable bonds is 4. The van der Waals surface area contributed by atoms with E-state index in [1.54, 1.807) is 0 Å². The van der Waals surface area contributed by atoms with Crippen LogP contribution >= 0.6 is 0 Å². The Bertz CT molecular complexity index is 441. The Morgan fingerprint density at radius 1 is 1.21 bits per heavy atom. The van der Waals surface area contributed by atoms with Crippen molar-refractivity contribution in [1.82, 2.24) is 4.90 Å². The molecule has 3 nitrogen and oxygen atoms in total. The van der Waals surface area contributed by atoms with Gasteiger partial charge in [0.1, 0.15) is 0 Å². The van der Waals surface area contributed by atoms with Gasteiger partial charge in [-0.15, -0.1) is 0 Å². The molecule has 1 saturated carbocycles. The molecule has 102 valence electrons. The minimum absolute atomic E-state index is 0.158. The molecule has 0 bridgehead atoms. The van der Waals surface area contributed by atoms with Gasteiger partial charge < -0.3 is 5.11 Å². The SMILES string of the molecule is O=C(O)C1CN(Cc2ccccc2)CC1C1CCC1. The largest absolute Gasteiger partial charge is 0.481 e. The fourth-order valence-corrected chi connectivity index (χ4v) is 3.49. The number of nitrogens with zero attached hydrogens (tertiary/aromatic N) is 1. The molecule has 2 unspecified atom stereocenters. The molecule has 1 aromatic carbocycles. The first-order chi connectivity index (χ1) is 9.24. The van der Waals surface area contributed by atoms with Crippen molar-refractivity contribution >= 4 is 5.97 Å². The van der Waals surface area contributed by atoms with Gasteiger partial charge in [-0.25, -0.2) is 0 Å². The Morgan fingerprint density at radius 3 is 2.53 bits per heavy atom. The summed E-state index contributed by atoms with van der Waals surface area (Å²) in [5.74, 6) is 0.262. The highest BCUT2D eigenvalue weighted by Crippen LogP contribution is 2.41. The standard InChI is InChI=1S/C16H21NO2/c18-16(19)15-11-17(9-12-5-2-1-3-6-12)10-14(15)13-7-4-8-13/h1-3,5-6,13-15H,4,7-11H2,(H,18,19). The second-order valence-corrected chi connectivity index (χ2v) is 5.98. The van der Waals surface area contributed by atoms with Crippen LogP contribution in [0.2, 0.25) is 0 Å². The van der Waals surface area contributed by atoms with Gasteiger partial charge in [-0.1, -0.05) is 49.6 Å². The lowest BCUT2D eigenvalue weighted by atomic mass is 9.72. The van der Waals surface area contributed by atoms with Gasteiger partial charge in [-0.3, -0.25) is 9.69 Å². The van der Waals surface area contributed by atoms with E-state index in [0.717, 1.165) is 13.1 Å². The molecule has 1 saturated heterocycles. The monoisotopic (exact) mass is 259 g/mol. The summed E-state index contributed by atoms with van der Waals surface area (Å²) in [6, 6.07) is 10.3. The van der Waals surface area contributed by atoms with Crippen molar-refractivity contribution in [2.24, 2.45) is 17.8 Å². The number of hydrogen-bond acceptors (Lipinski definition) is 2. The molecule has 1 heterocycles. The summed E-state index contributed by atoms with van der Waals surface area (Å²) in [5.41, 5.74) is 1.28. The molecular weight excluding hydrogens is 238 g/mol. The summed E-state index contributed by atoms with van der Waals surface area (Å²) in [5, 5.41) is 9.41. The molecule has 1 aliphatic heterocycles. The van der Waals surface area contributed by atoms with Gasteiger partial charge in [-0.2, -0.15) is 0 Å². The minimum atomic E-state index is -0.604. The molecule has 3 heteroatoms. The Balaban J connectivity index is 1.66. The zero-order valence-electron chi connectivity index (χ0n) is 11.2. The first-order valence-electron chi connectivity index (χ1n) is 7.23. The maximum atomic E-state index is 11.4. The van der Waals surface area contributed by atoms with E-state index in [1.165, 1.54) is 24.8 Å². The average molecular weight is 259 g/mol. The van der Waals surface area contributed by atoms with Crippen LogP contribution in [0, 0.1) is 17.8 Å². The molecule has 2 atom stereocenters. The fourth-order valence-electron chi connectivity index (χ4n) is 3.49. The van der Waals surface area contributed by atoms with Crippen LogP contribution in [0.1, 0.15) is 24.8 Å². The van der Waals surface area contributed by atoms with Gasteiger partial charge in [0.2, 0.25) is 0 Å². The molecule has 2 aliphatic rings. The highest BCUT2D eigenvalue weighted by atomic mass is 16.4. The number of carbonyl (C=O) groups is 1. The lowest BCUT2D eigenvalue weighted by Crippen LogP contribution is -2.31. The van der Waals surface area contributed by atoms with Gasteiger partial charge in [-0.05, 0) is 17.4 Å². The minimum Gasteiger partial charge on any atom is -0.481 e. The Kier molecular flexibility index (Phi) is 3.56. The van der Waals surface area contributed by atoms with Crippen LogP contribution in [0.4, 0.5) is 0 Å². The number of aliphatic carboxylic acids is 1. The Morgan fingerprint density at radius 2 is 1.95 bits per heavy atom. The summed E-state index contributed by atoms with van der Waals surface area (Å²) < 4.78 is 0. The molecule has 1 aromatic rings. The van der Waals surface area contributed by atoms with E-state index in [0.29, 0.717) is 18.4 Å². The summed E-state index contributed by atoms with van der Waals surface area (Å²) in [6.45, 7) is 2.55. The topological polar surface area (TPSA) is 40.5 Å². The van der Waals surface area contributed by atoms with E-state index < -0.39 is 5.97 Å². The molecule has 2 fully saturated rings. The molecule has 0 amide bonds. The van der Waals surface area contributed by atoms with Crippen molar-refractivity contribution in [2.45, 2.75) is 25.8 Å². The Hall–Kier alpha value is -1.35. The first kappa shape index (κ1) is 12.7. The third kappa shape index (κ3) is 2.66. The molecule has 3 rings (SSSR count). The van der Waals surface area contributed by atoms with Crippen molar-refractivity contribution in [1.29, 1.82) is 0 Å². The maximum Gasteiger partial charge on any atom is 0.308 e. The van der Waals surface area contributed by atoms with Crippen molar-refractivity contribution < 1.29 is 9.90 Å². The normalized spacial score (nSPS) is 28.2. The highest BCUT2D eigenvalue weighted by molar-refractivity contribution is 5.71. The predicted molar refractivity (Wildman–Crippen MR) is 73.7 cm³/mol. The third-order valence-corrected chi connectivity index (χ3v) is 4.76. The number of carboxylic acids is 1. The van der Waals surface area contributed by atoms with Crippen molar-refractivity contribution in [3.63, 3.8) is 0 Å². The molecule has 1 N–H and O–H groups in total. The van der Waals surface area contributed by atoms with Crippen LogP contribution < -0.4 is 0 Å². The quantitative estimate of drug-likeness (QED) is 0.903.